The molecule has 2 aliphatic rings. The van der Waals surface area contributed by atoms with Crippen molar-refractivity contribution in [3.63, 3.8) is 0 Å². The number of carbonyl (C=O) groups is 1. The van der Waals surface area contributed by atoms with Gasteiger partial charge in [-0.05, 0) is 44.2 Å². The van der Waals surface area contributed by atoms with Crippen LogP contribution >= 0.6 is 0 Å². The third kappa shape index (κ3) is 4.01. The van der Waals surface area contributed by atoms with E-state index in [-0.39, 0.29) is 11.5 Å². The van der Waals surface area contributed by atoms with Gasteiger partial charge in [-0.1, -0.05) is 12.1 Å². The van der Waals surface area contributed by atoms with Crippen LogP contribution in [0.1, 0.15) is 38.5 Å². The molecule has 0 aliphatic carbocycles. The van der Waals surface area contributed by atoms with Gasteiger partial charge >= 0.3 is 0 Å². The molecule has 1 aromatic rings. The maximum absolute atomic E-state index is 12.3. The maximum atomic E-state index is 12.3. The van der Waals surface area contributed by atoms with Gasteiger partial charge in [0.1, 0.15) is 0 Å². The SMILES string of the molecule is COc1ccccc1OCCCN1CCC2(CCCO2)CCC1=O. The molecule has 24 heavy (non-hydrogen) atoms. The first-order chi connectivity index (χ1) is 11.7. The quantitative estimate of drug-likeness (QED) is 0.751. The highest BCUT2D eigenvalue weighted by atomic mass is 16.5. The lowest BCUT2D eigenvalue weighted by molar-refractivity contribution is -0.130. The Labute approximate surface area is 143 Å². The van der Waals surface area contributed by atoms with Gasteiger partial charge in [-0.3, -0.25) is 4.79 Å². The van der Waals surface area contributed by atoms with E-state index in [1.54, 1.807) is 7.11 Å². The van der Waals surface area contributed by atoms with E-state index in [0.29, 0.717) is 13.0 Å². The van der Waals surface area contributed by atoms with Crippen LogP contribution in [0.3, 0.4) is 0 Å². The zero-order valence-corrected chi connectivity index (χ0v) is 14.5. The summed E-state index contributed by atoms with van der Waals surface area (Å²) in [5.41, 5.74) is -0.0294. The number of hydrogen-bond donors (Lipinski definition) is 0. The lowest BCUT2D eigenvalue weighted by Crippen LogP contribution is -2.33. The van der Waals surface area contributed by atoms with E-state index >= 15 is 0 Å². The summed E-state index contributed by atoms with van der Waals surface area (Å²) >= 11 is 0. The van der Waals surface area contributed by atoms with Crippen LogP contribution < -0.4 is 9.47 Å². The fourth-order valence-electron chi connectivity index (χ4n) is 3.64. The molecule has 0 N–H and O–H groups in total. The Bertz CT molecular complexity index is 554. The number of ether oxygens (including phenoxy) is 3. The van der Waals surface area contributed by atoms with Gasteiger partial charge in [-0.25, -0.2) is 0 Å². The Hall–Kier alpha value is -1.75. The second kappa shape index (κ2) is 7.88. The monoisotopic (exact) mass is 333 g/mol. The molecule has 0 saturated carbocycles. The number of amides is 1. The first-order valence-electron chi connectivity index (χ1n) is 8.90. The van der Waals surface area contributed by atoms with Crippen molar-refractivity contribution in [2.45, 2.75) is 44.1 Å². The molecule has 2 fully saturated rings. The van der Waals surface area contributed by atoms with Gasteiger partial charge in [-0.15, -0.1) is 0 Å². The fourth-order valence-corrected chi connectivity index (χ4v) is 3.64. The summed E-state index contributed by atoms with van der Waals surface area (Å²) in [5.74, 6) is 1.74. The van der Waals surface area contributed by atoms with Crippen molar-refractivity contribution in [2.24, 2.45) is 0 Å². The Morgan fingerprint density at radius 2 is 2.04 bits per heavy atom. The molecule has 1 aromatic carbocycles. The van der Waals surface area contributed by atoms with Crippen LogP contribution in [0.15, 0.2) is 24.3 Å². The molecule has 132 valence electrons. The van der Waals surface area contributed by atoms with E-state index in [2.05, 4.69) is 0 Å². The van der Waals surface area contributed by atoms with Crippen molar-refractivity contribution in [3.05, 3.63) is 24.3 Å². The highest BCUT2D eigenvalue weighted by molar-refractivity contribution is 5.76. The topological polar surface area (TPSA) is 48.0 Å². The number of methoxy groups -OCH3 is 1. The molecular weight excluding hydrogens is 306 g/mol. The van der Waals surface area contributed by atoms with Crippen molar-refractivity contribution < 1.29 is 19.0 Å². The van der Waals surface area contributed by atoms with Gasteiger partial charge in [0, 0.05) is 26.1 Å². The number of benzene rings is 1. The minimum atomic E-state index is -0.0294. The molecular formula is C19H27NO4. The zero-order valence-electron chi connectivity index (χ0n) is 14.5. The van der Waals surface area contributed by atoms with Crippen LogP contribution in [0.25, 0.3) is 0 Å². The van der Waals surface area contributed by atoms with Crippen molar-refractivity contribution in [1.29, 1.82) is 0 Å². The highest BCUT2D eigenvalue weighted by Crippen LogP contribution is 2.36. The molecule has 0 radical (unpaired) electrons. The van der Waals surface area contributed by atoms with E-state index < -0.39 is 0 Å². The summed E-state index contributed by atoms with van der Waals surface area (Å²) in [6.45, 7) is 2.96. The van der Waals surface area contributed by atoms with Gasteiger partial charge < -0.3 is 19.1 Å². The smallest absolute Gasteiger partial charge is 0.222 e. The predicted molar refractivity (Wildman–Crippen MR) is 91.5 cm³/mol. The molecule has 5 nitrogen and oxygen atoms in total. The summed E-state index contributed by atoms with van der Waals surface area (Å²) in [4.78, 5) is 14.3. The van der Waals surface area contributed by atoms with E-state index in [0.717, 1.165) is 63.3 Å². The summed E-state index contributed by atoms with van der Waals surface area (Å²) in [6, 6.07) is 7.63. The number of likely N-dealkylation sites (tertiary alicyclic amines) is 1. The minimum Gasteiger partial charge on any atom is -0.493 e. The van der Waals surface area contributed by atoms with Crippen LogP contribution in [-0.4, -0.2) is 49.8 Å². The average molecular weight is 333 g/mol. The Morgan fingerprint density at radius 3 is 2.79 bits per heavy atom. The van der Waals surface area contributed by atoms with Crippen LogP contribution in [0.2, 0.25) is 0 Å². The number of nitrogens with zero attached hydrogens (tertiary/aromatic N) is 1. The van der Waals surface area contributed by atoms with E-state index in [4.69, 9.17) is 14.2 Å². The summed E-state index contributed by atoms with van der Waals surface area (Å²) in [6.07, 6.45) is 5.49. The van der Waals surface area contributed by atoms with Crippen LogP contribution in [0.5, 0.6) is 11.5 Å². The lowest BCUT2D eigenvalue weighted by atomic mass is 9.92. The van der Waals surface area contributed by atoms with Crippen molar-refractivity contribution >= 4 is 5.91 Å². The Kier molecular flexibility index (Phi) is 5.61. The van der Waals surface area contributed by atoms with Gasteiger partial charge in [-0.2, -0.15) is 0 Å². The molecule has 3 rings (SSSR count). The number of carbonyl (C=O) groups excluding carboxylic acids is 1. The first kappa shape index (κ1) is 17.1. The number of para-hydroxylation sites is 2. The van der Waals surface area contributed by atoms with Gasteiger partial charge in [0.05, 0.1) is 19.3 Å². The van der Waals surface area contributed by atoms with Gasteiger partial charge in [0.25, 0.3) is 0 Å². The summed E-state index contributed by atoms with van der Waals surface area (Å²) in [7, 11) is 1.64. The van der Waals surface area contributed by atoms with Gasteiger partial charge in [0.2, 0.25) is 5.91 Å². The highest BCUT2D eigenvalue weighted by Gasteiger charge is 2.38. The maximum Gasteiger partial charge on any atom is 0.222 e. The largest absolute Gasteiger partial charge is 0.493 e. The van der Waals surface area contributed by atoms with Crippen LogP contribution in [0.4, 0.5) is 0 Å². The Morgan fingerprint density at radius 1 is 1.21 bits per heavy atom. The second-order valence-corrected chi connectivity index (χ2v) is 6.62. The number of rotatable bonds is 6. The first-order valence-corrected chi connectivity index (χ1v) is 8.90. The third-order valence-corrected chi connectivity index (χ3v) is 5.07. The van der Waals surface area contributed by atoms with Crippen LogP contribution in [0, 0.1) is 0 Å². The fraction of sp³-hybridized carbons (Fsp3) is 0.632. The molecule has 1 spiro atoms. The molecule has 2 saturated heterocycles. The van der Waals surface area contributed by atoms with Crippen molar-refractivity contribution in [3.8, 4) is 11.5 Å². The zero-order chi connectivity index (χ0) is 16.8. The molecule has 1 atom stereocenters. The van der Waals surface area contributed by atoms with Crippen molar-refractivity contribution in [1.82, 2.24) is 4.90 Å². The molecule has 0 bridgehead atoms. The summed E-state index contributed by atoms with van der Waals surface area (Å²) in [5, 5.41) is 0. The molecule has 1 amide bonds. The molecule has 0 aromatic heterocycles. The molecule has 2 aliphatic heterocycles. The lowest BCUT2D eigenvalue weighted by Gasteiger charge is -2.26. The van der Waals surface area contributed by atoms with E-state index in [9.17, 15) is 4.79 Å². The standard InChI is InChI=1S/C19H27NO4/c1-22-16-6-2-3-7-17(16)23-14-5-12-20-13-11-19(9-4-15-24-19)10-8-18(20)21/h2-3,6-7H,4-5,8-15H2,1H3. The van der Waals surface area contributed by atoms with E-state index in [1.165, 1.54) is 0 Å². The average Bonchev–Trinajstić information content (AvgIpc) is 3.02. The Balaban J connectivity index is 1.45. The van der Waals surface area contributed by atoms with Gasteiger partial charge in [0.15, 0.2) is 11.5 Å². The second-order valence-electron chi connectivity index (χ2n) is 6.62. The normalized spacial score (nSPS) is 24.2. The van der Waals surface area contributed by atoms with Crippen molar-refractivity contribution in [2.75, 3.05) is 33.4 Å². The third-order valence-electron chi connectivity index (χ3n) is 5.07. The van der Waals surface area contributed by atoms with E-state index in [1.807, 2.05) is 29.2 Å². The predicted octanol–water partition coefficient (Wildman–Crippen LogP) is 3.03. The summed E-state index contributed by atoms with van der Waals surface area (Å²) < 4.78 is 17.0. The molecule has 2 heterocycles. The molecule has 5 heteroatoms. The minimum absolute atomic E-state index is 0.0294. The van der Waals surface area contributed by atoms with Crippen LogP contribution in [-0.2, 0) is 9.53 Å². The number of hydrogen-bond acceptors (Lipinski definition) is 4. The molecule has 1 unspecified atom stereocenters.